The van der Waals surface area contributed by atoms with Crippen molar-refractivity contribution in [1.82, 2.24) is 0 Å². The SMILES string of the molecule is Cc1c(Br)ccc(SC(F)(F)F)c1Br. The lowest BCUT2D eigenvalue weighted by molar-refractivity contribution is -0.0328. The van der Waals surface area contributed by atoms with Gasteiger partial charge in [-0.25, -0.2) is 0 Å². The molecule has 1 aromatic rings. The van der Waals surface area contributed by atoms with Gasteiger partial charge in [-0.15, -0.1) is 0 Å². The number of rotatable bonds is 1. The van der Waals surface area contributed by atoms with Crippen molar-refractivity contribution in [1.29, 1.82) is 0 Å². The molecule has 0 saturated carbocycles. The highest BCUT2D eigenvalue weighted by molar-refractivity contribution is 9.11. The van der Waals surface area contributed by atoms with Gasteiger partial charge in [0.1, 0.15) is 0 Å². The van der Waals surface area contributed by atoms with E-state index < -0.39 is 5.51 Å². The predicted molar refractivity (Wildman–Crippen MR) is 58.5 cm³/mol. The molecule has 0 heterocycles. The fourth-order valence-corrected chi connectivity index (χ4v) is 2.65. The quantitative estimate of drug-likeness (QED) is 0.633. The van der Waals surface area contributed by atoms with E-state index in [-0.39, 0.29) is 16.7 Å². The topological polar surface area (TPSA) is 0 Å². The molecule has 0 aromatic heterocycles. The Morgan fingerprint density at radius 2 is 1.79 bits per heavy atom. The first-order valence-corrected chi connectivity index (χ1v) is 5.92. The van der Waals surface area contributed by atoms with Crippen molar-refractivity contribution in [2.45, 2.75) is 17.3 Å². The Balaban J connectivity index is 3.06. The van der Waals surface area contributed by atoms with E-state index in [1.807, 2.05) is 0 Å². The highest BCUT2D eigenvalue weighted by Crippen LogP contribution is 2.42. The van der Waals surface area contributed by atoms with Gasteiger partial charge in [-0.1, -0.05) is 15.9 Å². The van der Waals surface area contributed by atoms with Crippen LogP contribution in [0.4, 0.5) is 13.2 Å². The standard InChI is InChI=1S/C8H5Br2F3S/c1-4-5(9)2-3-6(7(4)10)14-8(11,12)13/h2-3H,1H3. The van der Waals surface area contributed by atoms with Crippen molar-refractivity contribution >= 4 is 43.6 Å². The van der Waals surface area contributed by atoms with Crippen LogP contribution >= 0.6 is 43.6 Å². The average Bonchev–Trinajstić information content (AvgIpc) is 2.04. The zero-order chi connectivity index (χ0) is 10.9. The van der Waals surface area contributed by atoms with Crippen molar-refractivity contribution in [3.63, 3.8) is 0 Å². The van der Waals surface area contributed by atoms with Crippen LogP contribution in [0.25, 0.3) is 0 Å². The molecule has 14 heavy (non-hydrogen) atoms. The summed E-state index contributed by atoms with van der Waals surface area (Å²) in [6.07, 6.45) is 0. The van der Waals surface area contributed by atoms with Gasteiger partial charge < -0.3 is 0 Å². The van der Waals surface area contributed by atoms with Gasteiger partial charge in [-0.05, 0) is 52.3 Å². The molecule has 0 atom stereocenters. The van der Waals surface area contributed by atoms with Crippen LogP contribution in [0, 0.1) is 6.92 Å². The molecular weight excluding hydrogens is 345 g/mol. The molecular formula is C8H5Br2F3S. The molecule has 0 aliphatic rings. The van der Waals surface area contributed by atoms with E-state index in [2.05, 4.69) is 31.9 Å². The van der Waals surface area contributed by atoms with Crippen LogP contribution < -0.4 is 0 Å². The molecule has 0 aliphatic heterocycles. The molecule has 0 nitrogen and oxygen atoms in total. The van der Waals surface area contributed by atoms with Crippen LogP contribution in [-0.2, 0) is 0 Å². The molecule has 0 unspecified atom stereocenters. The molecule has 1 rings (SSSR count). The van der Waals surface area contributed by atoms with Gasteiger partial charge in [0.2, 0.25) is 0 Å². The lowest BCUT2D eigenvalue weighted by atomic mass is 10.2. The molecule has 0 N–H and O–H groups in total. The Kier molecular flexibility index (Phi) is 3.94. The van der Waals surface area contributed by atoms with Crippen molar-refractivity contribution in [3.05, 3.63) is 26.6 Å². The Morgan fingerprint density at radius 1 is 1.21 bits per heavy atom. The van der Waals surface area contributed by atoms with Crippen LogP contribution in [0.15, 0.2) is 26.0 Å². The van der Waals surface area contributed by atoms with Gasteiger partial charge in [-0.3, -0.25) is 0 Å². The minimum atomic E-state index is -4.25. The first kappa shape index (κ1) is 12.4. The lowest BCUT2D eigenvalue weighted by Gasteiger charge is -2.10. The Morgan fingerprint density at radius 3 is 2.29 bits per heavy atom. The van der Waals surface area contributed by atoms with E-state index in [0.29, 0.717) is 4.47 Å². The average molecular weight is 350 g/mol. The molecule has 0 aliphatic carbocycles. The van der Waals surface area contributed by atoms with E-state index in [1.54, 1.807) is 13.0 Å². The van der Waals surface area contributed by atoms with Gasteiger partial charge in [0, 0.05) is 13.8 Å². The van der Waals surface area contributed by atoms with E-state index in [9.17, 15) is 13.2 Å². The zero-order valence-electron chi connectivity index (χ0n) is 6.95. The number of thioether (sulfide) groups is 1. The van der Waals surface area contributed by atoms with Crippen LogP contribution in [0.5, 0.6) is 0 Å². The Bertz CT molecular complexity index is 349. The molecule has 0 saturated heterocycles. The summed E-state index contributed by atoms with van der Waals surface area (Å²) in [5.74, 6) is 0. The maximum Gasteiger partial charge on any atom is 0.446 e. The monoisotopic (exact) mass is 348 g/mol. The van der Waals surface area contributed by atoms with Crippen molar-refractivity contribution in [2.24, 2.45) is 0 Å². The molecule has 78 valence electrons. The number of hydrogen-bond acceptors (Lipinski definition) is 1. The Hall–Kier alpha value is 0.320. The van der Waals surface area contributed by atoms with E-state index in [0.717, 1.165) is 10.0 Å². The van der Waals surface area contributed by atoms with Gasteiger partial charge >= 0.3 is 5.51 Å². The van der Waals surface area contributed by atoms with E-state index >= 15 is 0 Å². The second kappa shape index (κ2) is 4.45. The number of benzene rings is 1. The van der Waals surface area contributed by atoms with Crippen molar-refractivity contribution in [3.8, 4) is 0 Å². The van der Waals surface area contributed by atoms with Gasteiger partial charge in [0.25, 0.3) is 0 Å². The molecule has 0 amide bonds. The maximum absolute atomic E-state index is 12.1. The van der Waals surface area contributed by atoms with Crippen LogP contribution in [0.2, 0.25) is 0 Å². The summed E-state index contributed by atoms with van der Waals surface area (Å²) in [5.41, 5.74) is -3.48. The summed E-state index contributed by atoms with van der Waals surface area (Å²) in [7, 11) is 0. The normalized spacial score (nSPS) is 11.9. The smallest absolute Gasteiger partial charge is 0.160 e. The fourth-order valence-electron chi connectivity index (χ4n) is 0.840. The third-order valence-corrected chi connectivity index (χ3v) is 4.45. The maximum atomic E-state index is 12.1. The van der Waals surface area contributed by atoms with Gasteiger partial charge in [-0.2, -0.15) is 13.2 Å². The van der Waals surface area contributed by atoms with E-state index in [1.165, 1.54) is 6.07 Å². The predicted octanol–water partition coefficient (Wildman–Crippen LogP) is 5.13. The second-order valence-electron chi connectivity index (χ2n) is 2.53. The lowest BCUT2D eigenvalue weighted by Crippen LogP contribution is -1.99. The summed E-state index contributed by atoms with van der Waals surface area (Å²) in [5, 5.41) is 0. The van der Waals surface area contributed by atoms with Crippen molar-refractivity contribution < 1.29 is 13.2 Å². The summed E-state index contributed by atoms with van der Waals surface area (Å²) >= 11 is 6.25. The highest BCUT2D eigenvalue weighted by Gasteiger charge is 2.30. The molecule has 0 bridgehead atoms. The molecule has 0 fully saturated rings. The first-order valence-electron chi connectivity index (χ1n) is 3.51. The van der Waals surface area contributed by atoms with Crippen LogP contribution in [-0.4, -0.2) is 5.51 Å². The minimum absolute atomic E-state index is 0.117. The second-order valence-corrected chi connectivity index (χ2v) is 5.29. The number of hydrogen-bond donors (Lipinski definition) is 0. The first-order chi connectivity index (χ1) is 6.31. The molecule has 0 radical (unpaired) electrons. The summed E-state index contributed by atoms with van der Waals surface area (Å²) in [6.45, 7) is 1.74. The molecule has 1 aromatic carbocycles. The largest absolute Gasteiger partial charge is 0.446 e. The number of halogens is 5. The molecule has 0 spiro atoms. The van der Waals surface area contributed by atoms with Crippen LogP contribution in [0.3, 0.4) is 0 Å². The van der Waals surface area contributed by atoms with Gasteiger partial charge in [0.05, 0.1) is 0 Å². The summed E-state index contributed by atoms with van der Waals surface area (Å²) < 4.78 is 37.5. The van der Waals surface area contributed by atoms with E-state index in [4.69, 9.17) is 0 Å². The van der Waals surface area contributed by atoms with Crippen LogP contribution in [0.1, 0.15) is 5.56 Å². The van der Waals surface area contributed by atoms with Crippen molar-refractivity contribution in [2.75, 3.05) is 0 Å². The fraction of sp³-hybridized carbons (Fsp3) is 0.250. The summed E-state index contributed by atoms with van der Waals surface area (Å²) in [6, 6.07) is 3.04. The minimum Gasteiger partial charge on any atom is -0.160 e. The molecule has 6 heteroatoms. The van der Waals surface area contributed by atoms with Gasteiger partial charge in [0.15, 0.2) is 0 Å². The highest BCUT2D eigenvalue weighted by atomic mass is 79.9. The number of alkyl halides is 3. The zero-order valence-corrected chi connectivity index (χ0v) is 10.9. The summed E-state index contributed by atoms with van der Waals surface area (Å²) in [4.78, 5) is 0.179. The third-order valence-electron chi connectivity index (χ3n) is 1.51. The Labute approximate surface area is 101 Å². The third kappa shape index (κ3) is 3.17.